The summed E-state index contributed by atoms with van der Waals surface area (Å²) in [6.45, 7) is 3.78. The first-order valence-corrected chi connectivity index (χ1v) is 11.5. The van der Waals surface area contributed by atoms with E-state index in [1.54, 1.807) is 61.7 Å². The Bertz CT molecular complexity index is 1280. The van der Waals surface area contributed by atoms with Crippen LogP contribution in [0.5, 0.6) is 17.2 Å². The number of halogens is 2. The van der Waals surface area contributed by atoms with Gasteiger partial charge in [-0.25, -0.2) is 0 Å². The molecule has 3 rings (SSSR count). The summed E-state index contributed by atoms with van der Waals surface area (Å²) in [6, 6.07) is 18.0. The van der Waals surface area contributed by atoms with Crippen LogP contribution in [-0.4, -0.2) is 26.2 Å². The van der Waals surface area contributed by atoms with Crippen LogP contribution in [0.3, 0.4) is 0 Å². The molecule has 35 heavy (non-hydrogen) atoms. The average Bonchev–Trinajstić information content (AvgIpc) is 2.84. The number of carbonyl (C=O) groups excluding carboxylic acids is 1. The fraction of sp³-hybridized carbons (Fsp3) is 0.185. The van der Waals surface area contributed by atoms with Gasteiger partial charge >= 0.3 is 0 Å². The first-order valence-electron chi connectivity index (χ1n) is 10.8. The van der Waals surface area contributed by atoms with Crippen molar-refractivity contribution in [2.75, 3.05) is 25.6 Å². The maximum atomic E-state index is 12.4. The van der Waals surface area contributed by atoms with Crippen molar-refractivity contribution in [1.29, 1.82) is 5.26 Å². The van der Waals surface area contributed by atoms with Gasteiger partial charge in [0.25, 0.3) is 5.91 Å². The van der Waals surface area contributed by atoms with Crippen molar-refractivity contribution in [1.82, 2.24) is 0 Å². The van der Waals surface area contributed by atoms with Gasteiger partial charge in [0.1, 0.15) is 5.75 Å². The fourth-order valence-electron chi connectivity index (χ4n) is 3.20. The first kappa shape index (κ1) is 26.0. The number of hydrogen-bond donors (Lipinski definition) is 1. The molecule has 180 valence electrons. The highest BCUT2D eigenvalue weighted by Crippen LogP contribution is 2.38. The molecule has 3 aromatic rings. The van der Waals surface area contributed by atoms with Crippen molar-refractivity contribution < 1.29 is 19.0 Å². The number of aryl methyl sites for hydroxylation is 1. The van der Waals surface area contributed by atoms with Crippen molar-refractivity contribution in [3.05, 3.63) is 81.3 Å². The Kier molecular flexibility index (Phi) is 9.02. The molecule has 0 bridgehead atoms. The first-order chi connectivity index (χ1) is 16.8. The van der Waals surface area contributed by atoms with Crippen molar-refractivity contribution in [3.8, 4) is 23.3 Å². The Hall–Kier alpha value is -3.66. The van der Waals surface area contributed by atoms with Crippen LogP contribution in [0.2, 0.25) is 10.0 Å². The monoisotopic (exact) mass is 510 g/mol. The number of nitrogens with one attached hydrogen (secondary N) is 1. The third-order valence-electron chi connectivity index (χ3n) is 4.97. The summed E-state index contributed by atoms with van der Waals surface area (Å²) in [5.74, 6) is 0.928. The maximum Gasteiger partial charge on any atom is 0.262 e. The number of nitriles is 1. The van der Waals surface area contributed by atoms with Gasteiger partial charge in [-0.2, -0.15) is 5.26 Å². The zero-order valence-corrected chi connectivity index (χ0v) is 21.0. The third-order valence-corrected chi connectivity index (χ3v) is 5.66. The lowest BCUT2D eigenvalue weighted by Crippen LogP contribution is -2.20. The van der Waals surface area contributed by atoms with Crippen LogP contribution < -0.4 is 19.5 Å². The number of methoxy groups -OCH3 is 1. The second kappa shape index (κ2) is 12.2. The van der Waals surface area contributed by atoms with Crippen LogP contribution in [-0.2, 0) is 4.79 Å². The zero-order chi connectivity index (χ0) is 25.4. The van der Waals surface area contributed by atoms with Gasteiger partial charge in [-0.1, -0.05) is 29.3 Å². The number of allylic oxidation sites excluding steroid dienone is 1. The summed E-state index contributed by atoms with van der Waals surface area (Å²) < 4.78 is 16.6. The SMILES string of the molecule is CCOc1cc(/C=C(\C#N)c2ccc(OC)cc2)cc(Cl)c1OCC(=O)Nc1ccc(C)c(Cl)c1. The standard InChI is InChI=1S/C27H24Cl2N2O4/c1-4-34-25-13-18(11-20(15-30)19-6-9-22(33-3)10-7-19)12-24(29)27(25)35-16-26(32)31-21-8-5-17(2)23(28)14-21/h5-14H,4,16H2,1-3H3,(H,31,32)/b20-11+. The van der Waals surface area contributed by atoms with Gasteiger partial charge in [0, 0.05) is 10.7 Å². The molecule has 0 radical (unpaired) electrons. The average molecular weight is 511 g/mol. The van der Waals surface area contributed by atoms with Crippen molar-refractivity contribution in [2.45, 2.75) is 13.8 Å². The molecule has 6 nitrogen and oxygen atoms in total. The quantitative estimate of drug-likeness (QED) is 0.253. The van der Waals surface area contributed by atoms with E-state index < -0.39 is 0 Å². The Morgan fingerprint density at radius 2 is 1.80 bits per heavy atom. The van der Waals surface area contributed by atoms with Gasteiger partial charge in [-0.3, -0.25) is 4.79 Å². The molecule has 0 saturated heterocycles. The summed E-state index contributed by atoms with van der Waals surface area (Å²) >= 11 is 12.6. The molecule has 0 unspecified atom stereocenters. The zero-order valence-electron chi connectivity index (χ0n) is 19.5. The molecule has 0 spiro atoms. The van der Waals surface area contributed by atoms with Gasteiger partial charge in [0.15, 0.2) is 18.1 Å². The second-order valence-electron chi connectivity index (χ2n) is 7.46. The van der Waals surface area contributed by atoms with E-state index in [2.05, 4.69) is 11.4 Å². The molecular formula is C27H24Cl2N2O4. The van der Waals surface area contributed by atoms with Gasteiger partial charge in [-0.05, 0) is 85.1 Å². The summed E-state index contributed by atoms with van der Waals surface area (Å²) in [5, 5.41) is 13.2. The van der Waals surface area contributed by atoms with Gasteiger partial charge < -0.3 is 19.5 Å². The Balaban J connectivity index is 1.80. The lowest BCUT2D eigenvalue weighted by atomic mass is 10.0. The highest BCUT2D eigenvalue weighted by Gasteiger charge is 2.15. The van der Waals surface area contributed by atoms with Crippen LogP contribution >= 0.6 is 23.2 Å². The molecular weight excluding hydrogens is 487 g/mol. The number of amides is 1. The molecule has 0 aliphatic heterocycles. The Morgan fingerprint density at radius 1 is 1.06 bits per heavy atom. The highest BCUT2D eigenvalue weighted by atomic mass is 35.5. The lowest BCUT2D eigenvalue weighted by molar-refractivity contribution is -0.118. The van der Waals surface area contributed by atoms with Crippen LogP contribution in [0.4, 0.5) is 5.69 Å². The molecule has 3 aromatic carbocycles. The summed E-state index contributed by atoms with van der Waals surface area (Å²) in [7, 11) is 1.58. The van der Waals surface area contributed by atoms with E-state index in [1.165, 1.54) is 0 Å². The third kappa shape index (κ3) is 6.92. The largest absolute Gasteiger partial charge is 0.497 e. The van der Waals surface area contributed by atoms with E-state index in [-0.39, 0.29) is 23.3 Å². The summed E-state index contributed by atoms with van der Waals surface area (Å²) in [4.78, 5) is 12.4. The molecule has 0 saturated carbocycles. The molecule has 0 fully saturated rings. The van der Waals surface area contributed by atoms with Crippen LogP contribution in [0.15, 0.2) is 54.6 Å². The van der Waals surface area contributed by atoms with E-state index in [0.29, 0.717) is 40.0 Å². The van der Waals surface area contributed by atoms with E-state index in [1.807, 2.05) is 19.9 Å². The van der Waals surface area contributed by atoms with Gasteiger partial charge in [0.05, 0.1) is 30.4 Å². The minimum Gasteiger partial charge on any atom is -0.497 e. The van der Waals surface area contributed by atoms with Crippen molar-refractivity contribution >= 4 is 46.4 Å². The van der Waals surface area contributed by atoms with Crippen LogP contribution in [0.1, 0.15) is 23.6 Å². The van der Waals surface area contributed by atoms with Crippen molar-refractivity contribution in [2.24, 2.45) is 0 Å². The number of hydrogen-bond acceptors (Lipinski definition) is 5. The molecule has 0 heterocycles. The molecule has 0 aliphatic carbocycles. The van der Waals surface area contributed by atoms with Crippen LogP contribution in [0.25, 0.3) is 11.6 Å². The van der Waals surface area contributed by atoms with E-state index in [0.717, 1.165) is 11.1 Å². The number of carbonyl (C=O) groups is 1. The predicted octanol–water partition coefficient (Wildman–Crippen LogP) is 6.79. The molecule has 0 aliphatic rings. The maximum absolute atomic E-state index is 12.4. The summed E-state index contributed by atoms with van der Waals surface area (Å²) in [6.07, 6.45) is 1.70. The normalized spacial score (nSPS) is 10.9. The predicted molar refractivity (Wildman–Crippen MR) is 139 cm³/mol. The van der Waals surface area contributed by atoms with Crippen LogP contribution in [0, 0.1) is 18.3 Å². The Morgan fingerprint density at radius 3 is 2.43 bits per heavy atom. The highest BCUT2D eigenvalue weighted by molar-refractivity contribution is 6.32. The van der Waals surface area contributed by atoms with Gasteiger partial charge in [-0.15, -0.1) is 0 Å². The minimum absolute atomic E-state index is 0.241. The molecule has 8 heteroatoms. The Labute approximate surface area is 214 Å². The number of benzene rings is 3. The lowest BCUT2D eigenvalue weighted by Gasteiger charge is -2.15. The minimum atomic E-state index is -0.376. The molecule has 1 amide bonds. The smallest absolute Gasteiger partial charge is 0.262 e. The van der Waals surface area contributed by atoms with Gasteiger partial charge in [0.2, 0.25) is 0 Å². The number of nitrogens with zero attached hydrogens (tertiary/aromatic N) is 1. The van der Waals surface area contributed by atoms with Crippen molar-refractivity contribution in [3.63, 3.8) is 0 Å². The number of ether oxygens (including phenoxy) is 3. The van der Waals surface area contributed by atoms with E-state index in [9.17, 15) is 10.1 Å². The molecule has 0 atom stereocenters. The fourth-order valence-corrected chi connectivity index (χ4v) is 3.65. The molecule has 1 N–H and O–H groups in total. The van der Waals surface area contributed by atoms with E-state index in [4.69, 9.17) is 37.4 Å². The second-order valence-corrected chi connectivity index (χ2v) is 8.28. The topological polar surface area (TPSA) is 80.6 Å². The number of rotatable bonds is 9. The molecule has 0 aromatic heterocycles. The summed E-state index contributed by atoms with van der Waals surface area (Å²) in [5.41, 5.74) is 3.30. The number of anilines is 1. The van der Waals surface area contributed by atoms with E-state index >= 15 is 0 Å².